The molecule has 0 N–H and O–H groups in total. The van der Waals surface area contributed by atoms with E-state index in [2.05, 4.69) is 6.08 Å². The van der Waals surface area contributed by atoms with Gasteiger partial charge in [0, 0.05) is 23.6 Å². The molecule has 0 radical (unpaired) electrons. The number of hydrogen-bond acceptors (Lipinski definition) is 3. The Hall–Kier alpha value is -1.61. The van der Waals surface area contributed by atoms with Gasteiger partial charge in [-0.2, -0.15) is 0 Å². The van der Waals surface area contributed by atoms with E-state index in [1.54, 1.807) is 0 Å². The molecule has 1 fully saturated rings. The maximum Gasteiger partial charge on any atom is 0.336 e. The summed E-state index contributed by atoms with van der Waals surface area (Å²) in [6, 6.07) is 0. The van der Waals surface area contributed by atoms with Crippen LogP contribution in [-0.4, -0.2) is 17.7 Å². The van der Waals surface area contributed by atoms with E-state index in [0.717, 1.165) is 17.6 Å². The van der Waals surface area contributed by atoms with Crippen molar-refractivity contribution in [2.75, 3.05) is 0 Å². The van der Waals surface area contributed by atoms with Crippen molar-refractivity contribution in [1.29, 1.82) is 0 Å². The van der Waals surface area contributed by atoms with Crippen LogP contribution in [0.25, 0.3) is 0 Å². The molecule has 74 valence electrons. The third-order valence-corrected chi connectivity index (χ3v) is 3.33. The van der Waals surface area contributed by atoms with Crippen LogP contribution in [0.4, 0.5) is 0 Å². The Labute approximate surface area is 86.4 Å². The lowest BCUT2D eigenvalue weighted by molar-refractivity contribution is -0.132. The number of ether oxygens (including phenoxy) is 2. The van der Waals surface area contributed by atoms with E-state index in [9.17, 15) is 4.79 Å². The fourth-order valence-corrected chi connectivity index (χ4v) is 2.55. The molecule has 0 amide bonds. The van der Waals surface area contributed by atoms with E-state index >= 15 is 0 Å². The van der Waals surface area contributed by atoms with Crippen molar-refractivity contribution >= 4 is 5.97 Å². The quantitative estimate of drug-likeness (QED) is 0.438. The predicted octanol–water partition coefficient (Wildman–Crippen LogP) is 1.39. The van der Waals surface area contributed by atoms with Gasteiger partial charge in [0.05, 0.1) is 0 Å². The summed E-state index contributed by atoms with van der Waals surface area (Å²) in [5.74, 6) is 0.400. The highest BCUT2D eigenvalue weighted by atomic mass is 16.6. The minimum atomic E-state index is -0.285. The van der Waals surface area contributed by atoms with Crippen molar-refractivity contribution in [2.45, 2.75) is 18.1 Å². The first-order valence-corrected chi connectivity index (χ1v) is 5.01. The van der Waals surface area contributed by atoms with Crippen LogP contribution in [-0.2, 0) is 14.3 Å². The van der Waals surface area contributed by atoms with E-state index < -0.39 is 0 Å². The highest BCUT2D eigenvalue weighted by molar-refractivity contribution is 5.90. The van der Waals surface area contributed by atoms with Crippen molar-refractivity contribution in [1.82, 2.24) is 0 Å². The Morgan fingerprint density at radius 2 is 2.33 bits per heavy atom. The fraction of sp³-hybridized carbons (Fsp3) is 0.250. The summed E-state index contributed by atoms with van der Waals surface area (Å²) >= 11 is 0. The zero-order chi connectivity index (χ0) is 10.0. The number of fused-ring (bicyclic) bond motifs is 1. The highest BCUT2D eigenvalue weighted by Gasteiger charge is 2.60. The number of hydrogen-bond donors (Lipinski definition) is 0. The van der Waals surface area contributed by atoms with Gasteiger partial charge in [0.25, 0.3) is 0 Å². The number of rotatable bonds is 0. The van der Waals surface area contributed by atoms with Crippen LogP contribution in [0.2, 0.25) is 0 Å². The highest BCUT2D eigenvalue weighted by Crippen LogP contribution is 2.54. The van der Waals surface area contributed by atoms with Crippen LogP contribution in [0.15, 0.2) is 47.3 Å². The van der Waals surface area contributed by atoms with Gasteiger partial charge >= 0.3 is 5.97 Å². The Morgan fingerprint density at radius 1 is 1.40 bits per heavy atom. The molecule has 0 aromatic rings. The minimum absolute atomic E-state index is 0.153. The van der Waals surface area contributed by atoms with E-state index in [1.165, 1.54) is 6.08 Å². The summed E-state index contributed by atoms with van der Waals surface area (Å²) in [7, 11) is 0. The second kappa shape index (κ2) is 2.14. The molecular weight excluding hydrogens is 192 g/mol. The zero-order valence-corrected chi connectivity index (χ0v) is 7.90. The van der Waals surface area contributed by atoms with Crippen molar-refractivity contribution in [2.24, 2.45) is 0 Å². The van der Waals surface area contributed by atoms with Crippen LogP contribution in [0.1, 0.15) is 6.42 Å². The van der Waals surface area contributed by atoms with Gasteiger partial charge in [-0.25, -0.2) is 4.79 Å². The van der Waals surface area contributed by atoms with Gasteiger partial charge in [-0.15, -0.1) is 0 Å². The third kappa shape index (κ3) is 0.781. The number of carbonyl (C=O) groups is 1. The SMILES string of the molecule is O=C1C=C2C=CC3OC34CC=CC4=C2O1. The summed E-state index contributed by atoms with van der Waals surface area (Å²) < 4.78 is 10.9. The molecule has 4 aliphatic rings. The van der Waals surface area contributed by atoms with Crippen molar-refractivity contribution in [3.63, 3.8) is 0 Å². The summed E-state index contributed by atoms with van der Waals surface area (Å²) in [5.41, 5.74) is 1.68. The first-order chi connectivity index (χ1) is 7.29. The molecule has 0 bridgehead atoms. The van der Waals surface area contributed by atoms with E-state index in [4.69, 9.17) is 9.47 Å². The average Bonchev–Trinajstić information content (AvgIpc) is 2.56. The zero-order valence-electron chi connectivity index (χ0n) is 7.90. The molecule has 2 aliphatic carbocycles. The second-order valence-electron chi connectivity index (χ2n) is 4.16. The average molecular weight is 200 g/mol. The molecule has 0 saturated carbocycles. The minimum Gasteiger partial charge on any atom is -0.422 e. The number of carbonyl (C=O) groups excluding carboxylic acids is 1. The molecule has 2 atom stereocenters. The Kier molecular flexibility index (Phi) is 1.09. The van der Waals surface area contributed by atoms with Gasteiger partial charge in [-0.1, -0.05) is 24.3 Å². The van der Waals surface area contributed by atoms with Gasteiger partial charge in [-0.3, -0.25) is 0 Å². The molecule has 2 unspecified atom stereocenters. The lowest BCUT2D eigenvalue weighted by atomic mass is 9.97. The van der Waals surface area contributed by atoms with E-state index in [0.29, 0.717) is 5.76 Å². The van der Waals surface area contributed by atoms with Crippen LogP contribution in [0, 0.1) is 0 Å². The molecule has 3 nitrogen and oxygen atoms in total. The lowest BCUT2D eigenvalue weighted by Gasteiger charge is -2.08. The first-order valence-electron chi connectivity index (χ1n) is 5.01. The van der Waals surface area contributed by atoms with Crippen LogP contribution >= 0.6 is 0 Å². The summed E-state index contributed by atoms with van der Waals surface area (Å²) in [5, 5.41) is 0. The topological polar surface area (TPSA) is 38.8 Å². The molecule has 4 rings (SSSR count). The largest absolute Gasteiger partial charge is 0.422 e. The van der Waals surface area contributed by atoms with Gasteiger partial charge < -0.3 is 9.47 Å². The summed E-state index contributed by atoms with van der Waals surface area (Å²) in [6.45, 7) is 0. The molecule has 3 heteroatoms. The standard InChI is InChI=1S/C12H8O3/c13-10-6-7-3-4-9-12(15-9)5-1-2-8(12)11(7)14-10/h1-4,6,9H,5H2. The fourth-order valence-electron chi connectivity index (χ4n) is 2.55. The molecule has 2 heterocycles. The number of epoxide rings is 1. The van der Waals surface area contributed by atoms with Gasteiger partial charge in [0.15, 0.2) is 0 Å². The Morgan fingerprint density at radius 3 is 3.27 bits per heavy atom. The molecule has 15 heavy (non-hydrogen) atoms. The molecule has 2 aliphatic heterocycles. The molecule has 1 saturated heterocycles. The van der Waals surface area contributed by atoms with Crippen molar-refractivity contribution in [3.8, 4) is 0 Å². The first kappa shape index (κ1) is 7.65. The maximum atomic E-state index is 11.2. The summed E-state index contributed by atoms with van der Waals surface area (Å²) in [4.78, 5) is 11.2. The summed E-state index contributed by atoms with van der Waals surface area (Å²) in [6.07, 6.45) is 10.6. The van der Waals surface area contributed by atoms with E-state index in [1.807, 2.05) is 18.2 Å². The van der Waals surface area contributed by atoms with Crippen molar-refractivity contribution < 1.29 is 14.3 Å². The molecule has 0 aromatic heterocycles. The Balaban J connectivity index is 1.99. The monoisotopic (exact) mass is 200 g/mol. The molecule has 1 spiro atoms. The normalized spacial score (nSPS) is 39.3. The second-order valence-corrected chi connectivity index (χ2v) is 4.16. The predicted molar refractivity (Wildman–Crippen MR) is 51.7 cm³/mol. The van der Waals surface area contributed by atoms with Gasteiger partial charge in [0.2, 0.25) is 0 Å². The number of allylic oxidation sites excluding steroid dienone is 1. The maximum absolute atomic E-state index is 11.2. The van der Waals surface area contributed by atoms with Crippen LogP contribution in [0.5, 0.6) is 0 Å². The lowest BCUT2D eigenvalue weighted by Crippen LogP contribution is -2.13. The molecular formula is C12H8O3. The molecule has 0 aromatic carbocycles. The van der Waals surface area contributed by atoms with Crippen molar-refractivity contribution in [3.05, 3.63) is 47.3 Å². The number of esters is 1. The van der Waals surface area contributed by atoms with Gasteiger partial charge in [-0.05, 0) is 0 Å². The van der Waals surface area contributed by atoms with Gasteiger partial charge in [0.1, 0.15) is 17.5 Å². The van der Waals surface area contributed by atoms with Crippen LogP contribution in [0.3, 0.4) is 0 Å². The smallest absolute Gasteiger partial charge is 0.336 e. The van der Waals surface area contributed by atoms with Crippen LogP contribution < -0.4 is 0 Å². The third-order valence-electron chi connectivity index (χ3n) is 3.33. The van der Waals surface area contributed by atoms with E-state index in [-0.39, 0.29) is 17.7 Å². The Bertz CT molecular complexity index is 507.